The van der Waals surface area contributed by atoms with E-state index in [4.69, 9.17) is 4.74 Å². The number of hydrogen-bond acceptors (Lipinski definition) is 5. The lowest BCUT2D eigenvalue weighted by Crippen LogP contribution is -2.28. The van der Waals surface area contributed by atoms with Gasteiger partial charge in [0.25, 0.3) is 0 Å². The molecule has 0 radical (unpaired) electrons. The SMILES string of the molecule is COc1ccc(S(=O)(=O)N2CCCC2)cc1CCC(=O)NCc1ccncc1. The lowest BCUT2D eigenvalue weighted by molar-refractivity contribution is -0.121. The van der Waals surface area contributed by atoms with Crippen molar-refractivity contribution in [2.75, 3.05) is 20.2 Å². The monoisotopic (exact) mass is 403 g/mol. The van der Waals surface area contributed by atoms with E-state index in [1.165, 1.54) is 11.4 Å². The third-order valence-electron chi connectivity index (χ3n) is 4.82. The van der Waals surface area contributed by atoms with Crippen LogP contribution in [-0.4, -0.2) is 43.8 Å². The van der Waals surface area contributed by atoms with Gasteiger partial charge in [0.05, 0.1) is 12.0 Å². The fraction of sp³-hybridized carbons (Fsp3) is 0.400. The zero-order valence-electron chi connectivity index (χ0n) is 15.9. The Morgan fingerprint density at radius 3 is 2.57 bits per heavy atom. The molecule has 1 saturated heterocycles. The number of aromatic nitrogens is 1. The molecule has 28 heavy (non-hydrogen) atoms. The van der Waals surface area contributed by atoms with Crippen LogP contribution < -0.4 is 10.1 Å². The van der Waals surface area contributed by atoms with Crippen LogP contribution in [0.5, 0.6) is 5.75 Å². The van der Waals surface area contributed by atoms with E-state index in [0.29, 0.717) is 37.4 Å². The summed E-state index contributed by atoms with van der Waals surface area (Å²) in [6.07, 6.45) is 5.78. The first-order chi connectivity index (χ1) is 13.5. The van der Waals surface area contributed by atoms with Crippen molar-refractivity contribution in [1.82, 2.24) is 14.6 Å². The highest BCUT2D eigenvalue weighted by Gasteiger charge is 2.27. The molecule has 150 valence electrons. The second-order valence-corrected chi connectivity index (χ2v) is 8.65. The zero-order chi connectivity index (χ0) is 20.0. The van der Waals surface area contributed by atoms with E-state index in [2.05, 4.69) is 10.3 Å². The highest BCUT2D eigenvalue weighted by Crippen LogP contribution is 2.27. The number of rotatable bonds is 8. The minimum Gasteiger partial charge on any atom is -0.496 e. The van der Waals surface area contributed by atoms with Crippen molar-refractivity contribution in [3.63, 3.8) is 0 Å². The number of carbonyl (C=O) groups is 1. The van der Waals surface area contributed by atoms with Crippen molar-refractivity contribution in [2.24, 2.45) is 0 Å². The van der Waals surface area contributed by atoms with Gasteiger partial charge in [0.15, 0.2) is 0 Å². The molecular weight excluding hydrogens is 378 g/mol. The summed E-state index contributed by atoms with van der Waals surface area (Å²) in [5.41, 5.74) is 1.68. The molecule has 2 heterocycles. The molecule has 0 aliphatic carbocycles. The molecule has 1 fully saturated rings. The molecule has 1 aromatic carbocycles. The molecule has 1 aliphatic heterocycles. The highest BCUT2D eigenvalue weighted by atomic mass is 32.2. The molecule has 0 saturated carbocycles. The van der Waals surface area contributed by atoms with Crippen LogP contribution >= 0.6 is 0 Å². The minimum atomic E-state index is -3.50. The Hall–Kier alpha value is -2.45. The lowest BCUT2D eigenvalue weighted by Gasteiger charge is -2.17. The fourth-order valence-electron chi connectivity index (χ4n) is 3.23. The average Bonchev–Trinajstić information content (AvgIpc) is 3.27. The van der Waals surface area contributed by atoms with E-state index in [1.807, 2.05) is 12.1 Å². The van der Waals surface area contributed by atoms with Gasteiger partial charge in [-0.25, -0.2) is 8.42 Å². The van der Waals surface area contributed by atoms with E-state index in [-0.39, 0.29) is 17.2 Å². The summed E-state index contributed by atoms with van der Waals surface area (Å²) >= 11 is 0. The Bertz CT molecular complexity index is 910. The second-order valence-electron chi connectivity index (χ2n) is 6.72. The Morgan fingerprint density at radius 2 is 1.89 bits per heavy atom. The van der Waals surface area contributed by atoms with Gasteiger partial charge in [-0.15, -0.1) is 0 Å². The third kappa shape index (κ3) is 4.88. The summed E-state index contributed by atoms with van der Waals surface area (Å²) in [6.45, 7) is 1.55. The van der Waals surface area contributed by atoms with Gasteiger partial charge in [-0.3, -0.25) is 9.78 Å². The molecular formula is C20H25N3O4S. The number of carbonyl (C=O) groups excluding carboxylic acids is 1. The van der Waals surface area contributed by atoms with Crippen molar-refractivity contribution in [3.8, 4) is 5.75 Å². The van der Waals surface area contributed by atoms with E-state index >= 15 is 0 Å². The summed E-state index contributed by atoms with van der Waals surface area (Å²) in [7, 11) is -1.96. The van der Waals surface area contributed by atoms with Crippen LogP contribution in [0.3, 0.4) is 0 Å². The summed E-state index contributed by atoms with van der Waals surface area (Å²) < 4.78 is 32.4. The Morgan fingerprint density at radius 1 is 1.18 bits per heavy atom. The van der Waals surface area contributed by atoms with Crippen LogP contribution in [0.1, 0.15) is 30.4 Å². The first kappa shape index (κ1) is 20.3. The smallest absolute Gasteiger partial charge is 0.243 e. The van der Waals surface area contributed by atoms with Crippen molar-refractivity contribution < 1.29 is 17.9 Å². The molecule has 3 rings (SSSR count). The predicted molar refractivity (Wildman–Crippen MR) is 105 cm³/mol. The van der Waals surface area contributed by atoms with Crippen molar-refractivity contribution in [3.05, 3.63) is 53.9 Å². The molecule has 1 amide bonds. The van der Waals surface area contributed by atoms with Gasteiger partial charge in [0, 0.05) is 38.4 Å². The van der Waals surface area contributed by atoms with Crippen LogP contribution in [0.15, 0.2) is 47.6 Å². The van der Waals surface area contributed by atoms with Gasteiger partial charge in [-0.05, 0) is 60.7 Å². The first-order valence-corrected chi connectivity index (χ1v) is 10.8. The maximum absolute atomic E-state index is 12.8. The largest absolute Gasteiger partial charge is 0.496 e. The average molecular weight is 404 g/mol. The van der Waals surface area contributed by atoms with Gasteiger partial charge < -0.3 is 10.1 Å². The lowest BCUT2D eigenvalue weighted by atomic mass is 10.1. The first-order valence-electron chi connectivity index (χ1n) is 9.33. The molecule has 8 heteroatoms. The van der Waals surface area contributed by atoms with Gasteiger partial charge in [-0.2, -0.15) is 4.31 Å². The summed E-state index contributed by atoms with van der Waals surface area (Å²) in [4.78, 5) is 16.4. The summed E-state index contributed by atoms with van der Waals surface area (Å²) in [6, 6.07) is 8.54. The number of methoxy groups -OCH3 is 1. The van der Waals surface area contributed by atoms with Gasteiger partial charge >= 0.3 is 0 Å². The standard InChI is InChI=1S/C20H25N3O4S/c1-27-19-6-5-18(28(25,26)23-12-2-3-13-23)14-17(19)4-7-20(24)22-15-16-8-10-21-11-9-16/h5-6,8-11,14H,2-4,7,12-13,15H2,1H3,(H,22,24). The summed E-state index contributed by atoms with van der Waals surface area (Å²) in [5.74, 6) is 0.481. The fourth-order valence-corrected chi connectivity index (χ4v) is 4.79. The molecule has 0 atom stereocenters. The number of nitrogens with zero attached hydrogens (tertiary/aromatic N) is 2. The number of amides is 1. The van der Waals surface area contributed by atoms with Crippen molar-refractivity contribution in [2.45, 2.75) is 37.1 Å². The molecule has 1 aliphatic rings. The molecule has 1 N–H and O–H groups in total. The topological polar surface area (TPSA) is 88.6 Å². The number of pyridine rings is 1. The number of benzene rings is 1. The van der Waals surface area contributed by atoms with E-state index in [0.717, 1.165) is 18.4 Å². The van der Waals surface area contributed by atoms with Gasteiger partial charge in [0.2, 0.25) is 15.9 Å². The third-order valence-corrected chi connectivity index (χ3v) is 6.71. The van der Waals surface area contributed by atoms with E-state index in [9.17, 15) is 13.2 Å². The number of aryl methyl sites for hydroxylation is 1. The van der Waals surface area contributed by atoms with E-state index in [1.54, 1.807) is 30.6 Å². The Kier molecular flexibility index (Phi) is 6.64. The number of nitrogens with one attached hydrogen (secondary N) is 1. The number of ether oxygens (including phenoxy) is 1. The molecule has 0 unspecified atom stereocenters. The predicted octanol–water partition coefficient (Wildman–Crippen LogP) is 2.12. The maximum Gasteiger partial charge on any atom is 0.243 e. The molecule has 0 bridgehead atoms. The molecule has 2 aromatic rings. The van der Waals surface area contributed by atoms with Gasteiger partial charge in [0.1, 0.15) is 5.75 Å². The van der Waals surface area contributed by atoms with E-state index < -0.39 is 10.0 Å². The van der Waals surface area contributed by atoms with Gasteiger partial charge in [-0.1, -0.05) is 0 Å². The Labute approximate surface area is 165 Å². The van der Waals surface area contributed by atoms with Crippen molar-refractivity contribution >= 4 is 15.9 Å². The van der Waals surface area contributed by atoms with Crippen LogP contribution in [0.4, 0.5) is 0 Å². The number of hydrogen-bond donors (Lipinski definition) is 1. The summed E-state index contributed by atoms with van der Waals surface area (Å²) in [5, 5.41) is 2.86. The number of sulfonamides is 1. The highest BCUT2D eigenvalue weighted by molar-refractivity contribution is 7.89. The maximum atomic E-state index is 12.8. The zero-order valence-corrected chi connectivity index (χ0v) is 16.7. The minimum absolute atomic E-state index is 0.105. The van der Waals surface area contributed by atoms with Crippen LogP contribution in [0, 0.1) is 0 Å². The van der Waals surface area contributed by atoms with Crippen LogP contribution in [0.2, 0.25) is 0 Å². The molecule has 0 spiro atoms. The molecule has 1 aromatic heterocycles. The molecule has 7 nitrogen and oxygen atoms in total. The van der Waals surface area contributed by atoms with Crippen LogP contribution in [-0.2, 0) is 27.8 Å². The van der Waals surface area contributed by atoms with Crippen LogP contribution in [0.25, 0.3) is 0 Å². The Balaban J connectivity index is 1.66. The quantitative estimate of drug-likeness (QED) is 0.729. The van der Waals surface area contributed by atoms with Crippen molar-refractivity contribution in [1.29, 1.82) is 0 Å². The normalized spacial score (nSPS) is 14.8. The second kappa shape index (κ2) is 9.16.